The van der Waals surface area contributed by atoms with Crippen LogP contribution in [0, 0.1) is 5.41 Å². The highest BCUT2D eigenvalue weighted by Gasteiger charge is 2.41. The maximum Gasteiger partial charge on any atom is 0.0210 e. The maximum absolute atomic E-state index is 5.59. The lowest BCUT2D eigenvalue weighted by Crippen LogP contribution is -2.64. The molecule has 3 N–H and O–H groups in total. The van der Waals surface area contributed by atoms with Crippen LogP contribution in [0.1, 0.15) is 40.5 Å². The number of nitrogens with zero attached hydrogens (tertiary/aromatic N) is 1. The minimum absolute atomic E-state index is 0.562. The third-order valence-electron chi connectivity index (χ3n) is 2.64. The van der Waals surface area contributed by atoms with E-state index in [0.717, 1.165) is 13.1 Å². The Balaban J connectivity index is 0.000000379. The topological polar surface area (TPSA) is 41.3 Å². The summed E-state index contributed by atoms with van der Waals surface area (Å²) in [6.45, 7) is 12.6. The van der Waals surface area contributed by atoms with Gasteiger partial charge in [0, 0.05) is 25.0 Å². The van der Waals surface area contributed by atoms with Crippen LogP contribution >= 0.6 is 0 Å². The van der Waals surface area contributed by atoms with Crippen molar-refractivity contribution in [2.45, 2.75) is 40.5 Å². The van der Waals surface area contributed by atoms with E-state index in [9.17, 15) is 0 Å². The van der Waals surface area contributed by atoms with Crippen LogP contribution in [0.3, 0.4) is 0 Å². The first-order chi connectivity index (χ1) is 6.81. The van der Waals surface area contributed by atoms with E-state index >= 15 is 0 Å². The second kappa shape index (κ2) is 7.21. The smallest absolute Gasteiger partial charge is 0.0210 e. The molecule has 0 bridgehead atoms. The van der Waals surface area contributed by atoms with Gasteiger partial charge in [-0.25, -0.2) is 5.01 Å². The Morgan fingerprint density at radius 2 is 1.71 bits per heavy atom. The van der Waals surface area contributed by atoms with Crippen molar-refractivity contribution in [2.75, 3.05) is 26.2 Å². The Kier molecular flexibility index (Phi) is 7.15. The average Bonchev–Trinajstić information content (AvgIpc) is 2.23. The average molecular weight is 201 g/mol. The molecule has 0 unspecified atom stereocenters. The van der Waals surface area contributed by atoms with Crippen LogP contribution in [0.15, 0.2) is 0 Å². The summed E-state index contributed by atoms with van der Waals surface area (Å²) in [6.07, 6.45) is 2.70. The molecule has 0 radical (unpaired) electrons. The van der Waals surface area contributed by atoms with Gasteiger partial charge in [0.25, 0.3) is 0 Å². The fourth-order valence-electron chi connectivity index (χ4n) is 2.12. The van der Waals surface area contributed by atoms with Gasteiger partial charge in [0.1, 0.15) is 0 Å². The molecule has 0 atom stereocenters. The predicted molar refractivity (Wildman–Crippen MR) is 63.0 cm³/mol. The second-order valence-corrected chi connectivity index (χ2v) is 3.69. The highest BCUT2D eigenvalue weighted by Crippen LogP contribution is 2.33. The molecule has 1 spiro atoms. The summed E-state index contributed by atoms with van der Waals surface area (Å²) in [5, 5.41) is 5.33. The SMILES string of the molecule is CC.CC.NN1CC2(CCCNC2)C1. The van der Waals surface area contributed by atoms with Crippen molar-refractivity contribution in [3.05, 3.63) is 0 Å². The van der Waals surface area contributed by atoms with Gasteiger partial charge < -0.3 is 5.32 Å². The molecule has 0 aromatic heterocycles. The third-order valence-corrected chi connectivity index (χ3v) is 2.64. The van der Waals surface area contributed by atoms with E-state index in [1.165, 1.54) is 25.9 Å². The van der Waals surface area contributed by atoms with E-state index < -0.39 is 0 Å². The van der Waals surface area contributed by atoms with Crippen molar-refractivity contribution in [1.29, 1.82) is 0 Å². The van der Waals surface area contributed by atoms with Crippen molar-refractivity contribution in [3.8, 4) is 0 Å². The molecular weight excluding hydrogens is 174 g/mol. The maximum atomic E-state index is 5.59. The van der Waals surface area contributed by atoms with E-state index in [0.29, 0.717) is 5.41 Å². The highest BCUT2D eigenvalue weighted by atomic mass is 15.4. The quantitative estimate of drug-likeness (QED) is 0.585. The molecule has 0 aromatic carbocycles. The van der Waals surface area contributed by atoms with Gasteiger partial charge in [-0.15, -0.1) is 0 Å². The summed E-state index contributed by atoms with van der Waals surface area (Å²) in [4.78, 5) is 0. The van der Waals surface area contributed by atoms with Crippen LogP contribution in [0.4, 0.5) is 0 Å². The van der Waals surface area contributed by atoms with Crippen molar-refractivity contribution in [1.82, 2.24) is 10.3 Å². The predicted octanol–water partition coefficient (Wildman–Crippen LogP) is 1.60. The van der Waals surface area contributed by atoms with Crippen LogP contribution in [0.2, 0.25) is 0 Å². The molecule has 0 saturated carbocycles. The van der Waals surface area contributed by atoms with Gasteiger partial charge in [-0.05, 0) is 19.4 Å². The van der Waals surface area contributed by atoms with E-state index in [-0.39, 0.29) is 0 Å². The molecule has 2 fully saturated rings. The highest BCUT2D eigenvalue weighted by molar-refractivity contribution is 4.96. The summed E-state index contributed by atoms with van der Waals surface area (Å²) in [5.41, 5.74) is 0.562. The second-order valence-electron chi connectivity index (χ2n) is 3.69. The fraction of sp³-hybridized carbons (Fsp3) is 1.00. The van der Waals surface area contributed by atoms with Crippen molar-refractivity contribution >= 4 is 0 Å². The van der Waals surface area contributed by atoms with Crippen molar-refractivity contribution in [3.63, 3.8) is 0 Å². The Hall–Kier alpha value is -0.120. The van der Waals surface area contributed by atoms with E-state index in [4.69, 9.17) is 5.84 Å². The Labute approximate surface area is 89.0 Å². The summed E-state index contributed by atoms with van der Waals surface area (Å²) < 4.78 is 0. The number of nitrogens with one attached hydrogen (secondary N) is 1. The summed E-state index contributed by atoms with van der Waals surface area (Å²) >= 11 is 0. The molecule has 2 heterocycles. The number of hydrazine groups is 1. The number of rotatable bonds is 0. The molecule has 14 heavy (non-hydrogen) atoms. The Morgan fingerprint density at radius 3 is 2.07 bits per heavy atom. The number of piperidine rings is 1. The fourth-order valence-corrected chi connectivity index (χ4v) is 2.12. The van der Waals surface area contributed by atoms with Gasteiger partial charge in [-0.1, -0.05) is 27.7 Å². The minimum atomic E-state index is 0.562. The first kappa shape index (κ1) is 13.9. The minimum Gasteiger partial charge on any atom is -0.316 e. The van der Waals surface area contributed by atoms with Gasteiger partial charge in [-0.2, -0.15) is 0 Å². The van der Waals surface area contributed by atoms with E-state index in [1.54, 1.807) is 0 Å². The lowest BCUT2D eigenvalue weighted by Gasteiger charge is -2.50. The van der Waals surface area contributed by atoms with Crippen LogP contribution in [-0.2, 0) is 0 Å². The zero-order chi connectivity index (χ0) is 11.0. The summed E-state index contributed by atoms with van der Waals surface area (Å²) in [5.74, 6) is 5.59. The molecule has 2 saturated heterocycles. The number of nitrogens with two attached hydrogens (primary N) is 1. The Morgan fingerprint density at radius 1 is 1.14 bits per heavy atom. The van der Waals surface area contributed by atoms with Crippen LogP contribution in [0.25, 0.3) is 0 Å². The molecule has 0 aromatic rings. The first-order valence-electron chi connectivity index (χ1n) is 6.01. The molecule has 2 aliphatic heterocycles. The standard InChI is InChI=1S/C7H15N3.2C2H6/c8-10-5-7(6-10)2-1-3-9-4-7;2*1-2/h9H,1-6,8H2;2*1-2H3. The molecule has 3 heteroatoms. The van der Waals surface area contributed by atoms with Crippen molar-refractivity contribution < 1.29 is 0 Å². The third kappa shape index (κ3) is 3.56. The molecule has 2 rings (SSSR count). The Bertz CT molecular complexity index is 115. The van der Waals surface area contributed by atoms with Gasteiger partial charge in [0.15, 0.2) is 0 Å². The summed E-state index contributed by atoms with van der Waals surface area (Å²) in [7, 11) is 0. The monoisotopic (exact) mass is 201 g/mol. The van der Waals surface area contributed by atoms with Gasteiger partial charge in [0.05, 0.1) is 0 Å². The largest absolute Gasteiger partial charge is 0.316 e. The van der Waals surface area contributed by atoms with E-state index in [2.05, 4.69) is 5.32 Å². The number of hydrogen-bond donors (Lipinski definition) is 2. The number of hydrogen-bond acceptors (Lipinski definition) is 3. The van der Waals surface area contributed by atoms with Gasteiger partial charge in [0.2, 0.25) is 0 Å². The van der Waals surface area contributed by atoms with Crippen LogP contribution in [0.5, 0.6) is 0 Å². The molecule has 3 nitrogen and oxygen atoms in total. The van der Waals surface area contributed by atoms with Gasteiger partial charge in [-0.3, -0.25) is 5.84 Å². The first-order valence-corrected chi connectivity index (χ1v) is 6.01. The molecule has 86 valence electrons. The summed E-state index contributed by atoms with van der Waals surface area (Å²) in [6, 6.07) is 0. The lowest BCUT2D eigenvalue weighted by molar-refractivity contribution is -0.0179. The zero-order valence-electron chi connectivity index (χ0n) is 10.3. The molecule has 0 amide bonds. The zero-order valence-corrected chi connectivity index (χ0v) is 10.3. The van der Waals surface area contributed by atoms with Crippen molar-refractivity contribution in [2.24, 2.45) is 11.3 Å². The molecular formula is C11H27N3. The van der Waals surface area contributed by atoms with E-state index in [1.807, 2.05) is 32.7 Å². The molecule has 2 aliphatic rings. The molecule has 0 aliphatic carbocycles. The van der Waals surface area contributed by atoms with Crippen LogP contribution in [-0.4, -0.2) is 31.2 Å². The van der Waals surface area contributed by atoms with Gasteiger partial charge >= 0.3 is 0 Å². The van der Waals surface area contributed by atoms with Crippen LogP contribution < -0.4 is 11.2 Å². The lowest BCUT2D eigenvalue weighted by atomic mass is 9.75. The normalized spacial score (nSPS) is 23.8.